The molecule has 4 heterocycles. The fourth-order valence-corrected chi connectivity index (χ4v) is 8.60. The molecule has 0 saturated heterocycles. The van der Waals surface area contributed by atoms with E-state index in [0.717, 1.165) is 45.4 Å². The van der Waals surface area contributed by atoms with Gasteiger partial charge in [0.15, 0.2) is 11.5 Å². The van der Waals surface area contributed by atoms with Gasteiger partial charge in [-0.1, -0.05) is 11.6 Å². The van der Waals surface area contributed by atoms with E-state index < -0.39 is 111 Å². The summed E-state index contributed by atoms with van der Waals surface area (Å²) in [5, 5.41) is 13.7. The van der Waals surface area contributed by atoms with Gasteiger partial charge in [0, 0.05) is 44.1 Å². The van der Waals surface area contributed by atoms with Gasteiger partial charge in [-0.2, -0.15) is 37.2 Å². The lowest BCUT2D eigenvalue weighted by molar-refractivity contribution is -0.141. The van der Waals surface area contributed by atoms with Crippen LogP contribution >= 0.6 is 11.6 Å². The number of nitrogens with one attached hydrogen (secondary N) is 2. The molecule has 8 rings (SSSR count). The summed E-state index contributed by atoms with van der Waals surface area (Å²) >= 11 is 6.51. The molecule has 0 spiro atoms. The highest BCUT2D eigenvalue weighted by Crippen LogP contribution is 2.68. The first-order valence-corrected chi connectivity index (χ1v) is 20.1. The number of aryl methyl sites for hydroxylation is 2. The molecule has 1 fully saturated rings. The number of benzene rings is 2. The van der Waals surface area contributed by atoms with E-state index in [-0.39, 0.29) is 50.7 Å². The SMILES string of the molecule is Cn1nc(C(F)(F)F)cc1-c1cc(=O)n(-c2ccc(Cl)c3c(NS(C)(=O)=O)nn(C)c23)c([C@H](Cc2cc(F)cc(F)c2)NC(=O)Cn2nc(C(F)F)c3c2C(F)(F)C2C[C@@H]32)n1. The fourth-order valence-electron chi connectivity index (χ4n) is 7.86. The summed E-state index contributed by atoms with van der Waals surface area (Å²) in [4.78, 5) is 33.0. The van der Waals surface area contributed by atoms with Crippen LogP contribution in [0.1, 0.15) is 58.8 Å². The van der Waals surface area contributed by atoms with E-state index >= 15 is 8.78 Å². The summed E-state index contributed by atoms with van der Waals surface area (Å²) in [6.45, 7) is -1.11. The van der Waals surface area contributed by atoms with Crippen molar-refractivity contribution in [3.05, 3.63) is 104 Å². The Morgan fingerprint density at radius 3 is 2.33 bits per heavy atom. The minimum Gasteiger partial charge on any atom is -0.344 e. The number of nitrogens with zero attached hydrogens (tertiary/aromatic N) is 8. The number of carbonyl (C=O) groups excluding carboxylic acids is 1. The maximum absolute atomic E-state index is 15.4. The second-order valence-corrected chi connectivity index (χ2v) is 16.8. The third-order valence-corrected chi connectivity index (χ3v) is 11.2. The van der Waals surface area contributed by atoms with Crippen molar-refractivity contribution in [1.29, 1.82) is 0 Å². The van der Waals surface area contributed by atoms with Crippen molar-refractivity contribution >= 4 is 44.3 Å². The highest BCUT2D eigenvalue weighted by atomic mass is 35.5. The Labute approximate surface area is 342 Å². The van der Waals surface area contributed by atoms with Gasteiger partial charge in [-0.3, -0.25) is 32.9 Å². The number of fused-ring (bicyclic) bond motifs is 4. The first-order chi connectivity index (χ1) is 28.4. The Morgan fingerprint density at radius 1 is 1.02 bits per heavy atom. The zero-order chi connectivity index (χ0) is 44.2. The summed E-state index contributed by atoms with van der Waals surface area (Å²) in [6.07, 6.45) is -8.10. The number of sulfonamides is 1. The summed E-state index contributed by atoms with van der Waals surface area (Å²) in [7, 11) is -1.51. The van der Waals surface area contributed by atoms with Crippen LogP contribution in [0, 0.1) is 17.6 Å². The molecule has 2 aliphatic rings. The van der Waals surface area contributed by atoms with Crippen molar-refractivity contribution in [2.45, 2.75) is 49.9 Å². The Morgan fingerprint density at radius 2 is 1.70 bits per heavy atom. The normalized spacial score (nSPS) is 17.5. The lowest BCUT2D eigenvalue weighted by Crippen LogP contribution is -2.38. The molecule has 61 heavy (non-hydrogen) atoms. The molecular formula is C36H28ClF9N10O4S. The first-order valence-electron chi connectivity index (χ1n) is 17.8. The molecule has 6 aromatic rings. The molecule has 1 unspecified atom stereocenters. The van der Waals surface area contributed by atoms with E-state index in [1.807, 2.05) is 0 Å². The Kier molecular flexibility index (Phi) is 9.83. The molecule has 0 bridgehead atoms. The maximum Gasteiger partial charge on any atom is 0.435 e. The van der Waals surface area contributed by atoms with E-state index in [0.29, 0.717) is 16.8 Å². The maximum atomic E-state index is 15.4. The van der Waals surface area contributed by atoms with E-state index in [9.17, 15) is 48.7 Å². The minimum absolute atomic E-state index is 0.0363. The van der Waals surface area contributed by atoms with Crippen LogP contribution < -0.4 is 15.6 Å². The van der Waals surface area contributed by atoms with Crippen LogP contribution in [0.15, 0.2) is 47.3 Å². The number of hydrogen-bond donors (Lipinski definition) is 2. The van der Waals surface area contributed by atoms with Crippen molar-refractivity contribution in [3.8, 4) is 17.1 Å². The van der Waals surface area contributed by atoms with Crippen molar-refractivity contribution in [2.24, 2.45) is 20.0 Å². The van der Waals surface area contributed by atoms with Gasteiger partial charge in [-0.15, -0.1) is 0 Å². The lowest BCUT2D eigenvalue weighted by Gasteiger charge is -2.24. The smallest absolute Gasteiger partial charge is 0.344 e. The number of hydrogen-bond acceptors (Lipinski definition) is 8. The van der Waals surface area contributed by atoms with Crippen LogP contribution in [0.5, 0.6) is 0 Å². The summed E-state index contributed by atoms with van der Waals surface area (Å²) in [5.74, 6) is -9.98. The number of amides is 1. The van der Waals surface area contributed by atoms with E-state index in [1.165, 1.54) is 19.2 Å². The number of rotatable bonds is 11. The van der Waals surface area contributed by atoms with E-state index in [1.54, 1.807) is 0 Å². The predicted molar refractivity (Wildman–Crippen MR) is 198 cm³/mol. The molecule has 0 radical (unpaired) electrons. The number of alkyl halides is 7. The fraction of sp³-hybridized carbons (Fsp3) is 0.333. The highest BCUT2D eigenvalue weighted by molar-refractivity contribution is 7.92. The van der Waals surface area contributed by atoms with E-state index in [4.69, 9.17) is 11.6 Å². The average Bonchev–Trinajstić information content (AvgIpc) is 3.40. The molecule has 1 saturated carbocycles. The number of carbonyl (C=O) groups is 1. The van der Waals surface area contributed by atoms with Crippen LogP contribution in [0.25, 0.3) is 28.0 Å². The quantitative estimate of drug-likeness (QED) is 0.144. The minimum atomic E-state index is -4.95. The Hall–Kier alpha value is -5.91. The standard InChI is InChI=1S/C36H28ClF9N10O4S/c1-53-23(12-24(49-53)36(44,45)46)20-11-26(58)56(22-5-4-19(37)28-30(22)54(2)51-33(28)52-61(3,59)60)34(48-20)21(8-14-6-15(38)9-16(39)7-14)47-25(57)13-55-31-27(29(50-55)32(40)41)17-10-18(17)35(31,42)43/h4-7,9,11-12,17-18,21,32H,8,10,13H2,1-3H3,(H,47,57)(H,51,52)/t17-,18?,21+/m1/s1. The number of halogens is 10. The molecule has 2 aromatic carbocycles. The Balaban J connectivity index is 1.34. The van der Waals surface area contributed by atoms with Gasteiger partial charge in [-0.25, -0.2) is 31.0 Å². The molecule has 25 heteroatoms. The highest BCUT2D eigenvalue weighted by Gasteiger charge is 2.67. The van der Waals surface area contributed by atoms with Gasteiger partial charge in [-0.05, 0) is 48.2 Å². The zero-order valence-corrected chi connectivity index (χ0v) is 32.9. The van der Waals surface area contributed by atoms with Crippen LogP contribution in [-0.4, -0.2) is 59.5 Å². The van der Waals surface area contributed by atoms with Crippen LogP contribution in [0.3, 0.4) is 0 Å². The molecule has 2 N–H and O–H groups in total. The molecule has 0 aliphatic heterocycles. The predicted octanol–water partition coefficient (Wildman–Crippen LogP) is 6.28. The molecule has 1 amide bonds. The van der Waals surface area contributed by atoms with Gasteiger partial charge in [0.25, 0.3) is 17.9 Å². The molecule has 2 aliphatic carbocycles. The second-order valence-electron chi connectivity index (χ2n) is 14.6. The van der Waals surface area contributed by atoms with Crippen LogP contribution in [0.4, 0.5) is 45.3 Å². The van der Waals surface area contributed by atoms with Gasteiger partial charge in [0.2, 0.25) is 15.9 Å². The monoisotopic (exact) mass is 902 g/mol. The van der Waals surface area contributed by atoms with Gasteiger partial charge >= 0.3 is 6.18 Å². The average molecular weight is 903 g/mol. The molecule has 14 nitrogen and oxygen atoms in total. The molecule has 322 valence electrons. The lowest BCUT2D eigenvalue weighted by atomic mass is 10.0. The summed E-state index contributed by atoms with van der Waals surface area (Å²) < 4.78 is 160. The molecule has 3 atom stereocenters. The second kappa shape index (κ2) is 14.3. The van der Waals surface area contributed by atoms with Gasteiger partial charge in [0.1, 0.15) is 35.4 Å². The van der Waals surface area contributed by atoms with Crippen molar-refractivity contribution in [3.63, 3.8) is 0 Å². The molecule has 4 aromatic heterocycles. The number of anilines is 1. The topological polar surface area (TPSA) is 164 Å². The Bertz CT molecular complexity index is 2960. The van der Waals surface area contributed by atoms with Crippen molar-refractivity contribution < 1.29 is 52.7 Å². The zero-order valence-electron chi connectivity index (χ0n) is 31.4. The largest absolute Gasteiger partial charge is 0.435 e. The van der Waals surface area contributed by atoms with Gasteiger partial charge in [0.05, 0.1) is 45.3 Å². The third kappa shape index (κ3) is 7.48. The summed E-state index contributed by atoms with van der Waals surface area (Å²) in [6, 6.07) is 4.42. The van der Waals surface area contributed by atoms with Gasteiger partial charge < -0.3 is 5.32 Å². The van der Waals surface area contributed by atoms with Crippen molar-refractivity contribution in [1.82, 2.24) is 44.2 Å². The van der Waals surface area contributed by atoms with Crippen LogP contribution in [0.2, 0.25) is 5.02 Å². The first kappa shape index (κ1) is 41.8. The third-order valence-electron chi connectivity index (χ3n) is 10.3. The van der Waals surface area contributed by atoms with Crippen molar-refractivity contribution in [2.75, 3.05) is 11.0 Å². The van der Waals surface area contributed by atoms with E-state index in [2.05, 4.69) is 30.3 Å². The van der Waals surface area contributed by atoms with Crippen LogP contribution in [-0.2, 0) is 54.0 Å². The number of aromatic nitrogens is 8. The molecular weight excluding hydrogens is 875 g/mol. The summed E-state index contributed by atoms with van der Waals surface area (Å²) in [5.41, 5.74) is -5.79.